The van der Waals surface area contributed by atoms with Crippen LogP contribution in [-0.4, -0.2) is 80.4 Å². The van der Waals surface area contributed by atoms with Crippen LogP contribution in [0.4, 0.5) is 0 Å². The highest BCUT2D eigenvalue weighted by Gasteiger charge is 2.27. The Labute approximate surface area is 364 Å². The van der Waals surface area contributed by atoms with Gasteiger partial charge in [0, 0.05) is 23.8 Å². The van der Waals surface area contributed by atoms with E-state index in [1.807, 2.05) is 18.2 Å². The van der Waals surface area contributed by atoms with E-state index in [4.69, 9.17) is 20.3 Å². The minimum absolute atomic E-state index is 0.00609. The molecule has 0 spiro atoms. The van der Waals surface area contributed by atoms with Crippen LogP contribution >= 0.6 is 19.6 Å². The number of rotatable bonds is 39. The lowest BCUT2D eigenvalue weighted by molar-refractivity contribution is -0.161. The van der Waals surface area contributed by atoms with Crippen LogP contribution in [0.25, 0.3) is 0 Å². The first-order chi connectivity index (χ1) is 28.9. The van der Waals surface area contributed by atoms with Gasteiger partial charge in [-0.2, -0.15) is 0 Å². The summed E-state index contributed by atoms with van der Waals surface area (Å²) in [5, 5.41) is 19.3. The monoisotopic (exact) mass is 881 g/mol. The number of unbranched alkanes of at least 4 members (excludes halogenated alkanes) is 10. The van der Waals surface area contributed by atoms with Crippen molar-refractivity contribution >= 4 is 37.5 Å². The van der Waals surface area contributed by atoms with Crippen molar-refractivity contribution in [2.24, 2.45) is 5.73 Å². The van der Waals surface area contributed by atoms with Gasteiger partial charge in [-0.1, -0.05) is 137 Å². The smallest absolute Gasteiger partial charge is 0.469 e. The van der Waals surface area contributed by atoms with Crippen LogP contribution in [0.1, 0.15) is 142 Å². The van der Waals surface area contributed by atoms with Crippen LogP contribution in [0.15, 0.2) is 85.1 Å². The van der Waals surface area contributed by atoms with Crippen molar-refractivity contribution in [3.05, 3.63) is 85.1 Å². The molecule has 0 aromatic rings. The van der Waals surface area contributed by atoms with Gasteiger partial charge in [0.05, 0.1) is 12.7 Å². The molecule has 60 heavy (non-hydrogen) atoms. The number of aliphatic hydroxyl groups is 1. The molecule has 12 nitrogen and oxygen atoms in total. The Balaban J connectivity index is 4.88. The summed E-state index contributed by atoms with van der Waals surface area (Å²) in [6.45, 7) is 3.17. The third-order valence-electron chi connectivity index (χ3n) is 8.89. The highest BCUT2D eigenvalue weighted by Crippen LogP contribution is 2.36. The fourth-order valence-electron chi connectivity index (χ4n) is 5.45. The number of ether oxygens (including phenoxy) is 2. The number of hydrogen-bond donors (Lipinski definition) is 5. The summed E-state index contributed by atoms with van der Waals surface area (Å²) in [5.41, 5.74) is 6.12. The number of carbonyl (C=O) groups excluding carboxylic acids is 2. The number of phosphoric ester groups is 1. The molecular formula is C46H76NO11PS. The van der Waals surface area contributed by atoms with Gasteiger partial charge < -0.3 is 35.2 Å². The van der Waals surface area contributed by atoms with Crippen molar-refractivity contribution in [3.63, 3.8) is 0 Å². The molecule has 14 heteroatoms. The van der Waals surface area contributed by atoms with Gasteiger partial charge in [-0.3, -0.25) is 18.9 Å². The van der Waals surface area contributed by atoms with Gasteiger partial charge in [0.15, 0.2) is 6.10 Å². The van der Waals surface area contributed by atoms with Gasteiger partial charge in [-0.25, -0.2) is 4.57 Å². The number of hydrogen-bond acceptors (Lipinski definition) is 10. The molecule has 0 saturated carbocycles. The quantitative estimate of drug-likeness (QED) is 0.0128. The maximum absolute atomic E-state index is 12.9. The van der Waals surface area contributed by atoms with E-state index in [-0.39, 0.29) is 31.4 Å². The number of nitrogens with two attached hydrogens (primary N) is 1. The third-order valence-corrected chi connectivity index (χ3v) is 10.8. The number of aliphatic carboxylic acids is 1. The van der Waals surface area contributed by atoms with Crippen molar-refractivity contribution in [3.8, 4) is 0 Å². The van der Waals surface area contributed by atoms with Crippen LogP contribution < -0.4 is 5.73 Å². The summed E-state index contributed by atoms with van der Waals surface area (Å²) in [6, 6.07) is -1.21. The molecular weight excluding hydrogens is 806 g/mol. The van der Waals surface area contributed by atoms with Crippen molar-refractivity contribution in [2.75, 3.05) is 19.0 Å². The first-order valence-electron chi connectivity index (χ1n) is 21.8. The minimum Gasteiger partial charge on any atom is -0.481 e. The lowest BCUT2D eigenvalue weighted by Crippen LogP contribution is -2.40. The van der Waals surface area contributed by atoms with Gasteiger partial charge in [-0.05, 0) is 77.0 Å². The summed E-state index contributed by atoms with van der Waals surface area (Å²) in [5.74, 6) is -2.43. The first kappa shape index (κ1) is 57.0. The van der Waals surface area contributed by atoms with Crippen molar-refractivity contribution in [2.45, 2.75) is 166 Å². The number of esters is 2. The van der Waals surface area contributed by atoms with Crippen molar-refractivity contribution < 1.29 is 52.9 Å². The molecule has 0 amide bonds. The van der Waals surface area contributed by atoms with E-state index < -0.39 is 62.4 Å². The fraction of sp³-hybridized carbons (Fsp3) is 0.630. The van der Waals surface area contributed by atoms with Crippen molar-refractivity contribution in [1.29, 1.82) is 0 Å². The fourth-order valence-corrected chi connectivity index (χ4v) is 6.94. The van der Waals surface area contributed by atoms with Gasteiger partial charge >= 0.3 is 25.7 Å². The maximum Gasteiger partial charge on any atom is 0.469 e. The lowest BCUT2D eigenvalue weighted by Gasteiger charge is -2.23. The summed E-state index contributed by atoms with van der Waals surface area (Å²) < 4.78 is 26.5. The van der Waals surface area contributed by atoms with Gasteiger partial charge in [0.25, 0.3) is 0 Å². The van der Waals surface area contributed by atoms with Gasteiger partial charge in [-0.15, -0.1) is 11.8 Å². The van der Waals surface area contributed by atoms with Crippen LogP contribution in [0.2, 0.25) is 0 Å². The summed E-state index contributed by atoms with van der Waals surface area (Å²) >= 11 is 1.17. The largest absolute Gasteiger partial charge is 0.481 e. The number of carboxylic acid groups (broad SMARTS) is 1. The van der Waals surface area contributed by atoms with E-state index in [1.165, 1.54) is 50.3 Å². The first-order valence-corrected chi connectivity index (χ1v) is 24.4. The Morgan fingerprint density at radius 2 is 1.23 bits per heavy atom. The highest BCUT2D eigenvalue weighted by atomic mass is 32.2. The number of thioether (sulfide) groups is 1. The molecule has 0 aliphatic heterocycles. The van der Waals surface area contributed by atoms with E-state index in [0.717, 1.165) is 57.8 Å². The van der Waals surface area contributed by atoms with E-state index in [2.05, 4.69) is 67.0 Å². The van der Waals surface area contributed by atoms with Crippen molar-refractivity contribution in [1.82, 2.24) is 0 Å². The number of aliphatic hydroxyl groups excluding tert-OH is 1. The Bertz CT molecular complexity index is 1370. The molecule has 0 bridgehead atoms. The average Bonchev–Trinajstić information content (AvgIpc) is 3.20. The number of allylic oxidation sites excluding steroid dienone is 13. The maximum atomic E-state index is 12.9. The molecule has 0 radical (unpaired) electrons. The predicted octanol–water partition coefficient (Wildman–Crippen LogP) is 10.2. The second-order valence-electron chi connectivity index (χ2n) is 14.5. The molecule has 0 rings (SSSR count). The summed E-state index contributed by atoms with van der Waals surface area (Å²) in [4.78, 5) is 54.8. The van der Waals surface area contributed by atoms with E-state index >= 15 is 0 Å². The Hall–Kier alpha value is -3.03. The Morgan fingerprint density at radius 3 is 1.82 bits per heavy atom. The minimum atomic E-state index is -4.93. The topological polar surface area (TPSA) is 203 Å². The second-order valence-corrected chi connectivity index (χ2v) is 17.0. The van der Waals surface area contributed by atoms with Crippen LogP contribution in [-0.2, 0) is 32.9 Å². The molecule has 0 aromatic heterocycles. The molecule has 6 N–H and O–H groups in total. The average molecular weight is 882 g/mol. The normalized spacial score (nSPS) is 14.8. The molecule has 0 unspecified atom stereocenters. The van der Waals surface area contributed by atoms with Crippen LogP contribution in [0.5, 0.6) is 0 Å². The second kappa shape index (κ2) is 40.1. The Kier molecular flexibility index (Phi) is 38.0. The zero-order chi connectivity index (χ0) is 44.5. The molecule has 0 fully saturated rings. The molecule has 0 saturated heterocycles. The summed E-state index contributed by atoms with van der Waals surface area (Å²) in [7, 11) is -4.93. The van der Waals surface area contributed by atoms with E-state index in [9.17, 15) is 33.8 Å². The zero-order valence-corrected chi connectivity index (χ0v) is 37.9. The molecule has 0 aromatic carbocycles. The molecule has 0 aliphatic carbocycles. The van der Waals surface area contributed by atoms with Gasteiger partial charge in [0.1, 0.15) is 12.6 Å². The van der Waals surface area contributed by atoms with Crippen LogP contribution in [0.3, 0.4) is 0 Å². The van der Waals surface area contributed by atoms with Gasteiger partial charge in [0.2, 0.25) is 0 Å². The SMILES string of the molecule is CCCCC/C=C\C\C=C/C=C/C=C/[C@@H](SC[C@H](N)C(=O)O[C@H](COC(=O)CCCCCC/C=C\C/C=C\C/C=C\CCCCC)COP(=O)(O)O)[C@@H](O)CCCC(=O)O. The molecule has 4 atom stereocenters. The van der Waals surface area contributed by atoms with Crippen LogP contribution in [0, 0.1) is 0 Å². The summed E-state index contributed by atoms with van der Waals surface area (Å²) in [6.07, 6.45) is 43.5. The number of phosphoric acid groups is 1. The number of carbonyl (C=O) groups is 3. The molecule has 342 valence electrons. The molecule has 0 heterocycles. The predicted molar refractivity (Wildman–Crippen MR) is 244 cm³/mol. The standard InChI is InChI=1S/C46H76NO11PS/c1-3-5-7-9-11-13-15-17-18-19-20-21-23-25-27-29-31-36-45(51)56-37-40(38-57-59(53,54)55)58-46(52)41(47)39-60-43(42(48)33-32-35-44(49)50)34-30-28-26-24-22-16-14-12-10-8-6-4-2/h11-14,17-18,20-22,24,26,28,30,34,40-43,48H,3-10,15-16,19,23,25,27,29,31-33,35-39,47H2,1-2H3,(H,49,50)(H2,53,54,55)/b13-11-,14-12-,18-17-,21-20-,24-22-,28-26+,34-30+/t40-,41+,42+,43-/m1/s1. The van der Waals surface area contributed by atoms with E-state index in [0.29, 0.717) is 6.42 Å². The zero-order valence-electron chi connectivity index (χ0n) is 36.2. The number of carboxylic acids is 1. The Morgan fingerprint density at radius 1 is 0.683 bits per heavy atom. The molecule has 0 aliphatic rings. The highest BCUT2D eigenvalue weighted by molar-refractivity contribution is 8.00. The van der Waals surface area contributed by atoms with E-state index in [1.54, 1.807) is 18.2 Å². The third kappa shape index (κ3) is 39.1. The lowest BCUT2D eigenvalue weighted by atomic mass is 10.1.